The van der Waals surface area contributed by atoms with Crippen LogP contribution < -0.4 is 0 Å². The lowest BCUT2D eigenvalue weighted by Crippen LogP contribution is -2.34. The molecule has 0 aromatic rings. The molecule has 0 aliphatic rings. The number of hydrogen-bond donors (Lipinski definition) is 1. The fourth-order valence-corrected chi connectivity index (χ4v) is 6.22. The third-order valence-corrected chi connectivity index (χ3v) is 7.72. The molecule has 0 aliphatic carbocycles. The molecule has 0 spiro atoms. The third kappa shape index (κ3) is 19.7. The third-order valence-electron chi connectivity index (χ3n) is 5.86. The summed E-state index contributed by atoms with van der Waals surface area (Å²) in [7, 11) is -3.72. The van der Waals surface area contributed by atoms with E-state index < -0.39 is 28.5 Å². The Bertz CT molecular complexity index is 550. The lowest BCUT2D eigenvalue weighted by atomic mass is 9.97. The molecule has 6 heteroatoms. The fourth-order valence-electron chi connectivity index (χ4n) is 4.21. The first-order valence-electron chi connectivity index (χ1n) is 14.2. The molecule has 0 rings (SSSR count). The van der Waals surface area contributed by atoms with Gasteiger partial charge in [0.05, 0.1) is 11.9 Å². The summed E-state index contributed by atoms with van der Waals surface area (Å²) in [5, 5.41) is 10.1. The molecule has 2 atom stereocenters. The molecule has 0 bridgehead atoms. The van der Waals surface area contributed by atoms with E-state index in [1.54, 1.807) is 0 Å². The maximum Gasteiger partial charge on any atom is 0.314 e. The zero-order valence-corrected chi connectivity index (χ0v) is 26.0. The van der Waals surface area contributed by atoms with Crippen molar-refractivity contribution in [3.63, 3.8) is 0 Å². The molecule has 0 aromatic heterocycles. The molecule has 0 saturated heterocycles. The highest BCUT2D eigenvalue weighted by molar-refractivity contribution is 6.70. The Morgan fingerprint density at radius 3 is 1.59 bits per heavy atom. The van der Waals surface area contributed by atoms with Crippen molar-refractivity contribution in [2.45, 2.75) is 156 Å². The van der Waals surface area contributed by atoms with E-state index in [1.807, 2.05) is 0 Å². The SMILES string of the molecule is CCCCCCCCCCCC(/C=C(\O[Si](C)(C)C)C(CCCCCC)C(=O)O)O[Si](C)(C)C. The molecule has 0 saturated carbocycles. The van der Waals surface area contributed by atoms with Gasteiger partial charge in [0.2, 0.25) is 8.32 Å². The zero-order chi connectivity index (χ0) is 26.0. The van der Waals surface area contributed by atoms with Gasteiger partial charge >= 0.3 is 5.97 Å². The normalized spacial score (nSPS) is 14.8. The highest BCUT2D eigenvalue weighted by Crippen LogP contribution is 2.27. The summed E-state index contributed by atoms with van der Waals surface area (Å²) in [6, 6.07) is 0. The van der Waals surface area contributed by atoms with Crippen LogP contribution in [0.15, 0.2) is 11.8 Å². The van der Waals surface area contributed by atoms with Gasteiger partial charge in [-0.2, -0.15) is 0 Å². The van der Waals surface area contributed by atoms with Crippen molar-refractivity contribution >= 4 is 22.6 Å². The van der Waals surface area contributed by atoms with E-state index in [0.29, 0.717) is 12.2 Å². The molecular formula is C28H58O4Si2. The minimum Gasteiger partial charge on any atom is -0.547 e. The number of hydrogen-bond acceptors (Lipinski definition) is 3. The van der Waals surface area contributed by atoms with Crippen molar-refractivity contribution in [3.8, 4) is 0 Å². The second-order valence-corrected chi connectivity index (χ2v) is 20.8. The number of carbonyl (C=O) groups is 1. The Kier molecular flexibility index (Phi) is 18.3. The van der Waals surface area contributed by atoms with Gasteiger partial charge in [-0.15, -0.1) is 0 Å². The van der Waals surface area contributed by atoms with E-state index in [4.69, 9.17) is 8.85 Å². The molecule has 202 valence electrons. The highest BCUT2D eigenvalue weighted by atomic mass is 28.4. The summed E-state index contributed by atoms with van der Waals surface area (Å²) in [4.78, 5) is 12.2. The Hall–Kier alpha value is -0.596. The van der Waals surface area contributed by atoms with Gasteiger partial charge in [0, 0.05) is 0 Å². The summed E-state index contributed by atoms with van der Waals surface area (Å²) >= 11 is 0. The molecule has 34 heavy (non-hydrogen) atoms. The minimum atomic E-state index is -1.95. The summed E-state index contributed by atoms with van der Waals surface area (Å²) in [6.07, 6.45) is 19.6. The lowest BCUT2D eigenvalue weighted by Gasteiger charge is -2.29. The summed E-state index contributed by atoms with van der Waals surface area (Å²) in [5.41, 5.74) is 0. The molecule has 0 aromatic carbocycles. The Morgan fingerprint density at radius 2 is 1.15 bits per heavy atom. The van der Waals surface area contributed by atoms with Crippen molar-refractivity contribution in [3.05, 3.63) is 11.8 Å². The molecule has 0 heterocycles. The van der Waals surface area contributed by atoms with Crippen LogP contribution in [0.1, 0.15) is 110 Å². The van der Waals surface area contributed by atoms with Gasteiger partial charge < -0.3 is 14.0 Å². The Morgan fingerprint density at radius 1 is 0.706 bits per heavy atom. The number of rotatable bonds is 22. The van der Waals surface area contributed by atoms with Gasteiger partial charge in [0.1, 0.15) is 5.92 Å². The van der Waals surface area contributed by atoms with Crippen molar-refractivity contribution in [2.75, 3.05) is 0 Å². The van der Waals surface area contributed by atoms with Gasteiger partial charge in [-0.25, -0.2) is 0 Å². The van der Waals surface area contributed by atoms with Crippen LogP contribution in [0.3, 0.4) is 0 Å². The average Bonchev–Trinajstić information content (AvgIpc) is 2.69. The number of carboxylic acid groups (broad SMARTS) is 1. The molecular weight excluding hydrogens is 456 g/mol. The van der Waals surface area contributed by atoms with Crippen LogP contribution in [0.25, 0.3) is 0 Å². The van der Waals surface area contributed by atoms with Crippen LogP contribution in [0.2, 0.25) is 39.3 Å². The second-order valence-electron chi connectivity index (χ2n) is 11.9. The molecule has 2 unspecified atom stereocenters. The van der Waals surface area contributed by atoms with Gasteiger partial charge in [-0.1, -0.05) is 97.3 Å². The molecule has 0 aliphatic heterocycles. The first-order chi connectivity index (χ1) is 15.9. The number of carboxylic acids is 1. The fraction of sp³-hybridized carbons (Fsp3) is 0.893. The predicted molar refractivity (Wildman–Crippen MR) is 152 cm³/mol. The van der Waals surface area contributed by atoms with Crippen LogP contribution in [-0.4, -0.2) is 33.8 Å². The Labute approximate surface area is 214 Å². The summed E-state index contributed by atoms with van der Waals surface area (Å²) < 4.78 is 12.9. The van der Waals surface area contributed by atoms with Crippen LogP contribution >= 0.6 is 0 Å². The standard InChI is InChI=1S/C28H58O4Si2/c1-9-11-13-15-16-17-18-19-20-22-25(31-33(3,4)5)24-27(32-34(6,7)8)26(28(29)30)23-21-14-12-10-2/h24-26H,9-23H2,1-8H3,(H,29,30)/b27-24-. The van der Waals surface area contributed by atoms with Crippen molar-refractivity contribution < 1.29 is 18.8 Å². The maximum atomic E-state index is 12.2. The first-order valence-corrected chi connectivity index (χ1v) is 21.0. The van der Waals surface area contributed by atoms with Gasteiger partial charge in [0.15, 0.2) is 8.32 Å². The number of aliphatic carboxylic acids is 1. The predicted octanol–water partition coefficient (Wildman–Crippen LogP) is 9.53. The van der Waals surface area contributed by atoms with Crippen molar-refractivity contribution in [1.29, 1.82) is 0 Å². The van der Waals surface area contributed by atoms with Crippen LogP contribution in [-0.2, 0) is 13.6 Å². The topological polar surface area (TPSA) is 55.8 Å². The molecule has 0 fully saturated rings. The van der Waals surface area contributed by atoms with Crippen LogP contribution in [0, 0.1) is 5.92 Å². The smallest absolute Gasteiger partial charge is 0.314 e. The molecule has 1 N–H and O–H groups in total. The van der Waals surface area contributed by atoms with Gasteiger partial charge in [-0.05, 0) is 58.2 Å². The second kappa shape index (κ2) is 18.6. The molecule has 0 amide bonds. The largest absolute Gasteiger partial charge is 0.547 e. The monoisotopic (exact) mass is 514 g/mol. The van der Waals surface area contributed by atoms with E-state index in [0.717, 1.165) is 38.5 Å². The quantitative estimate of drug-likeness (QED) is 0.0887. The zero-order valence-electron chi connectivity index (χ0n) is 24.0. The van der Waals surface area contributed by atoms with Crippen LogP contribution in [0.4, 0.5) is 0 Å². The highest BCUT2D eigenvalue weighted by Gasteiger charge is 2.30. The van der Waals surface area contributed by atoms with E-state index in [9.17, 15) is 9.90 Å². The lowest BCUT2D eigenvalue weighted by molar-refractivity contribution is -0.141. The van der Waals surface area contributed by atoms with Crippen molar-refractivity contribution in [2.24, 2.45) is 5.92 Å². The van der Waals surface area contributed by atoms with Crippen molar-refractivity contribution in [1.82, 2.24) is 0 Å². The van der Waals surface area contributed by atoms with Gasteiger partial charge in [-0.3, -0.25) is 4.79 Å². The minimum absolute atomic E-state index is 0.0555. The molecule has 0 radical (unpaired) electrons. The summed E-state index contributed by atoms with van der Waals surface area (Å²) in [5.74, 6) is -0.683. The maximum absolute atomic E-state index is 12.2. The van der Waals surface area contributed by atoms with E-state index >= 15 is 0 Å². The average molecular weight is 515 g/mol. The molecule has 4 nitrogen and oxygen atoms in total. The Balaban J connectivity index is 5.24. The number of unbranched alkanes of at least 4 members (excludes halogenated alkanes) is 11. The van der Waals surface area contributed by atoms with E-state index in [1.165, 1.54) is 51.4 Å². The van der Waals surface area contributed by atoms with E-state index in [-0.39, 0.29) is 6.10 Å². The van der Waals surface area contributed by atoms with Gasteiger partial charge in [0.25, 0.3) is 0 Å². The first kappa shape index (κ1) is 33.4. The van der Waals surface area contributed by atoms with E-state index in [2.05, 4.69) is 59.2 Å². The van der Waals surface area contributed by atoms with Crippen LogP contribution in [0.5, 0.6) is 0 Å². The summed E-state index contributed by atoms with van der Waals surface area (Å²) in [6.45, 7) is 17.5.